The number of hydrogen-bond acceptors (Lipinski definition) is 7. The Labute approximate surface area is 151 Å². The number of hydrazone groups is 1. The first-order valence-corrected chi connectivity index (χ1v) is 7.53. The summed E-state index contributed by atoms with van der Waals surface area (Å²) in [5, 5.41) is 26.4. The van der Waals surface area contributed by atoms with E-state index in [1.807, 2.05) is 0 Å². The molecule has 10 nitrogen and oxygen atoms in total. The van der Waals surface area contributed by atoms with E-state index in [0.717, 1.165) is 0 Å². The van der Waals surface area contributed by atoms with Crippen LogP contribution in [0, 0.1) is 20.2 Å². The molecule has 0 fully saturated rings. The van der Waals surface area contributed by atoms with Gasteiger partial charge in [-0.15, -0.1) is 0 Å². The van der Waals surface area contributed by atoms with Crippen molar-refractivity contribution in [1.82, 2.24) is 5.43 Å². The third kappa shape index (κ3) is 2.80. The van der Waals surface area contributed by atoms with E-state index in [-0.39, 0.29) is 22.2 Å². The predicted octanol–water partition coefficient (Wildman–Crippen LogP) is 2.08. The molecule has 0 aliphatic heterocycles. The van der Waals surface area contributed by atoms with Crippen LogP contribution in [-0.2, 0) is 0 Å². The van der Waals surface area contributed by atoms with Crippen molar-refractivity contribution in [2.75, 3.05) is 7.11 Å². The molecule has 0 bridgehead atoms. The minimum Gasteiger partial charge on any atom is -0.490 e. The van der Waals surface area contributed by atoms with E-state index >= 15 is 0 Å². The molecule has 2 aromatic rings. The van der Waals surface area contributed by atoms with Crippen molar-refractivity contribution in [3.63, 3.8) is 0 Å². The molecule has 0 spiro atoms. The average molecular weight is 373 g/mol. The maximum atomic E-state index is 11.3. The molecule has 1 aliphatic rings. The minimum atomic E-state index is -0.563. The fraction of sp³-hybridized carbons (Fsp3) is 0.0667. The highest BCUT2D eigenvalue weighted by atomic mass is 32.1. The van der Waals surface area contributed by atoms with E-state index < -0.39 is 9.85 Å². The molecular formula is C15H11N5O5S. The van der Waals surface area contributed by atoms with E-state index in [1.54, 1.807) is 0 Å². The summed E-state index contributed by atoms with van der Waals surface area (Å²) >= 11 is 4.74. The van der Waals surface area contributed by atoms with Gasteiger partial charge in [0.1, 0.15) is 0 Å². The van der Waals surface area contributed by atoms with Crippen molar-refractivity contribution in [3.05, 3.63) is 61.7 Å². The number of thiocarbonyl (C=S) groups is 1. The molecule has 3 rings (SSSR count). The van der Waals surface area contributed by atoms with Gasteiger partial charge in [-0.3, -0.25) is 25.7 Å². The molecule has 1 aliphatic carbocycles. The second-order valence-corrected chi connectivity index (χ2v) is 5.69. The number of nitrogens with zero attached hydrogens (tertiary/aromatic N) is 3. The molecule has 0 amide bonds. The van der Waals surface area contributed by atoms with Gasteiger partial charge in [-0.25, -0.2) is 0 Å². The molecule has 0 radical (unpaired) electrons. The highest BCUT2D eigenvalue weighted by Gasteiger charge is 2.31. The Kier molecular flexibility index (Phi) is 4.22. The molecule has 0 atom stereocenters. The topological polar surface area (TPSA) is 146 Å². The van der Waals surface area contributed by atoms with Crippen molar-refractivity contribution < 1.29 is 14.6 Å². The summed E-state index contributed by atoms with van der Waals surface area (Å²) in [5.41, 5.74) is 9.82. The molecule has 11 heteroatoms. The number of fused-ring (bicyclic) bond motifs is 3. The van der Waals surface area contributed by atoms with Crippen LogP contribution in [-0.4, -0.2) is 27.8 Å². The molecule has 3 N–H and O–H groups in total. The quantitative estimate of drug-likeness (QED) is 0.401. The smallest absolute Gasteiger partial charge is 0.311 e. The van der Waals surface area contributed by atoms with Crippen molar-refractivity contribution in [2.45, 2.75) is 0 Å². The predicted molar refractivity (Wildman–Crippen MR) is 97.3 cm³/mol. The second kappa shape index (κ2) is 6.37. The summed E-state index contributed by atoms with van der Waals surface area (Å²) in [6.07, 6.45) is 0. The van der Waals surface area contributed by atoms with Gasteiger partial charge in [-0.05, 0) is 35.5 Å². The third-order valence-electron chi connectivity index (χ3n) is 3.81. The molecule has 132 valence electrons. The summed E-state index contributed by atoms with van der Waals surface area (Å²) in [5.74, 6) is 0.0408. The lowest BCUT2D eigenvalue weighted by molar-refractivity contribution is -0.385. The molecular weight excluding hydrogens is 362 g/mol. The maximum absolute atomic E-state index is 11.3. The number of nitrogens with one attached hydrogen (secondary N) is 1. The standard InChI is InChI=1S/C15H11N5O5S/c1-25-13-6-11-9(5-12(13)20(23)24)8-3-2-7(19(21)22)4-10(8)14(11)17-18-15(16)26/h2-6H,1H3,(H3,16,18,26). The molecule has 26 heavy (non-hydrogen) atoms. The van der Waals surface area contributed by atoms with Crippen LogP contribution >= 0.6 is 12.2 Å². The van der Waals surface area contributed by atoms with E-state index in [4.69, 9.17) is 22.7 Å². The molecule has 0 saturated carbocycles. The number of non-ortho nitro benzene ring substituents is 1. The lowest BCUT2D eigenvalue weighted by Crippen LogP contribution is -2.25. The van der Waals surface area contributed by atoms with Crippen LogP contribution in [0.1, 0.15) is 11.1 Å². The average Bonchev–Trinajstić information content (AvgIpc) is 2.90. The van der Waals surface area contributed by atoms with Crippen LogP contribution < -0.4 is 15.9 Å². The lowest BCUT2D eigenvalue weighted by Gasteiger charge is -2.06. The molecule has 2 aromatic carbocycles. The van der Waals surface area contributed by atoms with Crippen molar-refractivity contribution >= 4 is 34.4 Å². The summed E-state index contributed by atoms with van der Waals surface area (Å²) in [4.78, 5) is 21.3. The van der Waals surface area contributed by atoms with Crippen LogP contribution in [0.2, 0.25) is 0 Å². The number of methoxy groups -OCH3 is 1. The Morgan fingerprint density at radius 1 is 1.12 bits per heavy atom. The van der Waals surface area contributed by atoms with Gasteiger partial charge in [0.15, 0.2) is 10.9 Å². The number of nitro benzene ring substituents is 2. The molecule has 0 saturated heterocycles. The lowest BCUT2D eigenvalue weighted by atomic mass is 10.0. The largest absolute Gasteiger partial charge is 0.490 e. The van der Waals surface area contributed by atoms with Gasteiger partial charge in [0.2, 0.25) is 0 Å². The van der Waals surface area contributed by atoms with Crippen LogP contribution in [0.25, 0.3) is 11.1 Å². The van der Waals surface area contributed by atoms with Crippen LogP contribution in [0.5, 0.6) is 5.75 Å². The highest BCUT2D eigenvalue weighted by molar-refractivity contribution is 7.80. The third-order valence-corrected chi connectivity index (χ3v) is 3.90. The van der Waals surface area contributed by atoms with Crippen LogP contribution in [0.3, 0.4) is 0 Å². The fourth-order valence-electron chi connectivity index (χ4n) is 2.75. The van der Waals surface area contributed by atoms with Crippen molar-refractivity contribution in [1.29, 1.82) is 0 Å². The van der Waals surface area contributed by atoms with Gasteiger partial charge in [0, 0.05) is 29.3 Å². The number of ether oxygens (including phenoxy) is 1. The fourth-order valence-corrected chi connectivity index (χ4v) is 2.79. The highest BCUT2D eigenvalue weighted by Crippen LogP contribution is 2.43. The first kappa shape index (κ1) is 17.2. The van der Waals surface area contributed by atoms with Gasteiger partial charge >= 0.3 is 5.69 Å². The van der Waals surface area contributed by atoms with Crippen molar-refractivity contribution in [2.24, 2.45) is 10.8 Å². The van der Waals surface area contributed by atoms with Gasteiger partial charge in [-0.1, -0.05) is 0 Å². The van der Waals surface area contributed by atoms with E-state index in [0.29, 0.717) is 28.0 Å². The second-order valence-electron chi connectivity index (χ2n) is 5.25. The molecule has 0 heterocycles. The zero-order chi connectivity index (χ0) is 19.0. The minimum absolute atomic E-state index is 0.0408. The number of benzene rings is 2. The normalized spacial score (nSPS) is 13.0. The number of nitro groups is 2. The number of hydrogen-bond donors (Lipinski definition) is 2. The van der Waals surface area contributed by atoms with Gasteiger partial charge in [0.05, 0.1) is 22.7 Å². The zero-order valence-corrected chi connectivity index (χ0v) is 14.1. The van der Waals surface area contributed by atoms with Crippen molar-refractivity contribution in [3.8, 4) is 16.9 Å². The summed E-state index contributed by atoms with van der Waals surface area (Å²) in [6, 6.07) is 6.99. The maximum Gasteiger partial charge on any atom is 0.311 e. The van der Waals surface area contributed by atoms with Crippen LogP contribution in [0.4, 0.5) is 11.4 Å². The summed E-state index contributed by atoms with van der Waals surface area (Å²) in [6.45, 7) is 0. The Bertz CT molecular complexity index is 1000. The van der Waals surface area contributed by atoms with E-state index in [1.165, 1.54) is 37.4 Å². The Balaban J connectivity index is 2.30. The number of rotatable bonds is 4. The number of nitrogens with two attached hydrogens (primary N) is 1. The van der Waals surface area contributed by atoms with E-state index in [2.05, 4.69) is 10.5 Å². The monoisotopic (exact) mass is 373 g/mol. The summed E-state index contributed by atoms with van der Waals surface area (Å²) in [7, 11) is 1.31. The SMILES string of the molecule is COc1cc2c(cc1[N+](=O)[O-])-c1ccc([N+](=O)[O-])cc1C2=NNC(N)=S. The summed E-state index contributed by atoms with van der Waals surface area (Å²) < 4.78 is 5.09. The Morgan fingerprint density at radius 2 is 1.81 bits per heavy atom. The van der Waals surface area contributed by atoms with E-state index in [9.17, 15) is 20.2 Å². The van der Waals surface area contributed by atoms with Gasteiger partial charge < -0.3 is 10.5 Å². The zero-order valence-electron chi connectivity index (χ0n) is 13.3. The molecule has 0 aromatic heterocycles. The Hall–Kier alpha value is -3.60. The first-order valence-electron chi connectivity index (χ1n) is 7.12. The van der Waals surface area contributed by atoms with Gasteiger partial charge in [0.25, 0.3) is 5.69 Å². The first-order chi connectivity index (χ1) is 12.3. The van der Waals surface area contributed by atoms with Gasteiger partial charge in [-0.2, -0.15) is 5.10 Å². The Morgan fingerprint density at radius 3 is 2.38 bits per heavy atom. The van der Waals surface area contributed by atoms with Crippen LogP contribution in [0.15, 0.2) is 35.4 Å². The molecule has 0 unspecified atom stereocenters.